The Morgan fingerprint density at radius 3 is 2.95 bits per heavy atom. The van der Waals surface area contributed by atoms with Gasteiger partial charge in [0, 0.05) is 19.6 Å². The van der Waals surface area contributed by atoms with Crippen molar-refractivity contribution in [2.75, 3.05) is 29.9 Å². The highest BCUT2D eigenvalue weighted by Gasteiger charge is 2.14. The molecule has 0 fully saturated rings. The van der Waals surface area contributed by atoms with E-state index in [1.165, 1.54) is 0 Å². The van der Waals surface area contributed by atoms with Crippen LogP contribution in [-0.2, 0) is 0 Å². The summed E-state index contributed by atoms with van der Waals surface area (Å²) in [6, 6.07) is 2.17. The number of rotatable bonds is 7. The third kappa shape index (κ3) is 2.96. The number of nitrogens with one attached hydrogen (secondary N) is 2. The molecule has 106 valence electrons. The van der Waals surface area contributed by atoms with Gasteiger partial charge in [-0.2, -0.15) is 20.3 Å². The van der Waals surface area contributed by atoms with Crippen molar-refractivity contribution in [2.45, 2.75) is 26.7 Å². The lowest BCUT2D eigenvalue weighted by molar-refractivity contribution is 0.812. The molecule has 0 aliphatic heterocycles. The van der Waals surface area contributed by atoms with E-state index < -0.39 is 0 Å². The normalized spacial score (nSPS) is 10.4. The van der Waals surface area contributed by atoms with Gasteiger partial charge < -0.3 is 10.2 Å². The molecular weight excluding hydrogens is 254 g/mol. The lowest BCUT2D eigenvalue weighted by Gasteiger charge is -2.21. The Morgan fingerprint density at radius 2 is 2.25 bits per heavy atom. The molecule has 7 nitrogen and oxygen atoms in total. The standard InChI is InChI=1S/C13H19N7/c1-3-7-15-13-17-11-10(9-16-19-11)12(18-13)20(4-2)8-5-6-14/h9H,3-5,7-8H2,1-2H3,(H2,15,16,17,18,19). The summed E-state index contributed by atoms with van der Waals surface area (Å²) >= 11 is 0. The number of aromatic nitrogens is 4. The zero-order chi connectivity index (χ0) is 14.4. The van der Waals surface area contributed by atoms with Crippen LogP contribution >= 0.6 is 0 Å². The van der Waals surface area contributed by atoms with Crippen LogP contribution in [-0.4, -0.2) is 39.8 Å². The van der Waals surface area contributed by atoms with Gasteiger partial charge in [0.15, 0.2) is 5.65 Å². The lowest BCUT2D eigenvalue weighted by Crippen LogP contribution is -2.25. The van der Waals surface area contributed by atoms with Crippen molar-refractivity contribution < 1.29 is 0 Å². The Bertz CT molecular complexity index is 598. The van der Waals surface area contributed by atoms with Crippen LogP contribution in [0, 0.1) is 11.3 Å². The van der Waals surface area contributed by atoms with Crippen LogP contribution in [0.25, 0.3) is 11.0 Å². The molecule has 0 aromatic carbocycles. The zero-order valence-corrected chi connectivity index (χ0v) is 11.8. The smallest absolute Gasteiger partial charge is 0.226 e. The van der Waals surface area contributed by atoms with Gasteiger partial charge in [0.05, 0.1) is 24.1 Å². The second-order valence-electron chi connectivity index (χ2n) is 4.42. The second-order valence-corrected chi connectivity index (χ2v) is 4.42. The van der Waals surface area contributed by atoms with Crippen LogP contribution in [0.2, 0.25) is 0 Å². The molecule has 2 rings (SSSR count). The fourth-order valence-electron chi connectivity index (χ4n) is 1.98. The molecule has 0 radical (unpaired) electrons. The number of nitriles is 1. The van der Waals surface area contributed by atoms with Gasteiger partial charge >= 0.3 is 0 Å². The molecule has 7 heteroatoms. The Kier molecular flexibility index (Phi) is 4.71. The SMILES string of the molecule is CCCNc1nc(N(CC)CCC#N)c2cn[nH]c2n1. The van der Waals surface area contributed by atoms with E-state index in [0.717, 1.165) is 30.7 Å². The maximum atomic E-state index is 8.76. The Labute approximate surface area is 118 Å². The third-order valence-corrected chi connectivity index (χ3v) is 3.00. The second kappa shape index (κ2) is 6.70. The molecule has 2 aromatic rings. The Morgan fingerprint density at radius 1 is 1.40 bits per heavy atom. The number of anilines is 2. The number of nitrogens with zero attached hydrogens (tertiary/aromatic N) is 5. The molecule has 2 heterocycles. The minimum Gasteiger partial charge on any atom is -0.355 e. The predicted molar refractivity (Wildman–Crippen MR) is 78.6 cm³/mol. The van der Waals surface area contributed by atoms with Crippen LogP contribution in [0.15, 0.2) is 6.20 Å². The Hall–Kier alpha value is -2.36. The molecule has 0 aliphatic rings. The summed E-state index contributed by atoms with van der Waals surface area (Å²) in [7, 11) is 0. The number of hydrogen-bond acceptors (Lipinski definition) is 6. The lowest BCUT2D eigenvalue weighted by atomic mass is 10.3. The third-order valence-electron chi connectivity index (χ3n) is 3.00. The Balaban J connectivity index is 2.37. The van der Waals surface area contributed by atoms with E-state index in [1.54, 1.807) is 6.20 Å². The van der Waals surface area contributed by atoms with Gasteiger partial charge in [-0.1, -0.05) is 6.92 Å². The quantitative estimate of drug-likeness (QED) is 0.800. The fourth-order valence-corrected chi connectivity index (χ4v) is 1.98. The molecule has 0 saturated heterocycles. The predicted octanol–water partition coefficient (Wildman–Crippen LogP) is 1.91. The van der Waals surface area contributed by atoms with Gasteiger partial charge in [0.1, 0.15) is 5.82 Å². The first-order valence-electron chi connectivity index (χ1n) is 6.87. The van der Waals surface area contributed by atoms with Crippen molar-refractivity contribution in [1.29, 1.82) is 5.26 Å². The summed E-state index contributed by atoms with van der Waals surface area (Å²) in [5, 5.41) is 19.7. The van der Waals surface area contributed by atoms with Gasteiger partial charge in [-0.15, -0.1) is 0 Å². The molecule has 2 N–H and O–H groups in total. The summed E-state index contributed by atoms with van der Waals surface area (Å²) < 4.78 is 0. The molecule has 20 heavy (non-hydrogen) atoms. The summed E-state index contributed by atoms with van der Waals surface area (Å²) in [4.78, 5) is 11.0. The van der Waals surface area contributed by atoms with Crippen molar-refractivity contribution in [3.8, 4) is 6.07 Å². The molecule has 0 unspecified atom stereocenters. The number of fused-ring (bicyclic) bond motifs is 1. The first-order chi connectivity index (χ1) is 9.80. The molecule has 0 bridgehead atoms. The average molecular weight is 273 g/mol. The fraction of sp³-hybridized carbons (Fsp3) is 0.538. The minimum atomic E-state index is 0.467. The van der Waals surface area contributed by atoms with Crippen molar-refractivity contribution in [2.24, 2.45) is 0 Å². The van der Waals surface area contributed by atoms with E-state index in [0.29, 0.717) is 24.6 Å². The first kappa shape index (κ1) is 14.1. The van der Waals surface area contributed by atoms with E-state index in [1.807, 2.05) is 6.92 Å². The summed E-state index contributed by atoms with van der Waals surface area (Å²) in [6.07, 6.45) is 3.20. The molecular formula is C13H19N7. The summed E-state index contributed by atoms with van der Waals surface area (Å²) in [5.74, 6) is 1.41. The largest absolute Gasteiger partial charge is 0.355 e. The van der Waals surface area contributed by atoms with E-state index >= 15 is 0 Å². The minimum absolute atomic E-state index is 0.467. The monoisotopic (exact) mass is 273 g/mol. The average Bonchev–Trinajstić information content (AvgIpc) is 2.94. The van der Waals surface area contributed by atoms with Crippen LogP contribution in [0.1, 0.15) is 26.7 Å². The topological polar surface area (TPSA) is 93.5 Å². The van der Waals surface area contributed by atoms with E-state index in [9.17, 15) is 0 Å². The molecule has 0 saturated carbocycles. The summed E-state index contributed by atoms with van der Waals surface area (Å²) in [6.45, 7) is 6.39. The van der Waals surface area contributed by atoms with Crippen LogP contribution in [0.5, 0.6) is 0 Å². The van der Waals surface area contributed by atoms with Crippen molar-refractivity contribution in [3.63, 3.8) is 0 Å². The molecule has 0 aliphatic carbocycles. The highest BCUT2D eigenvalue weighted by Crippen LogP contribution is 2.23. The van der Waals surface area contributed by atoms with Crippen LogP contribution in [0.4, 0.5) is 11.8 Å². The van der Waals surface area contributed by atoms with Gasteiger partial charge in [0.2, 0.25) is 5.95 Å². The van der Waals surface area contributed by atoms with Gasteiger partial charge in [-0.3, -0.25) is 5.10 Å². The molecule has 0 spiro atoms. The van der Waals surface area contributed by atoms with Crippen LogP contribution < -0.4 is 10.2 Å². The highest BCUT2D eigenvalue weighted by molar-refractivity contribution is 5.87. The molecule has 0 amide bonds. The first-order valence-corrected chi connectivity index (χ1v) is 6.87. The highest BCUT2D eigenvalue weighted by atomic mass is 15.3. The van der Waals surface area contributed by atoms with Crippen molar-refractivity contribution >= 4 is 22.8 Å². The zero-order valence-electron chi connectivity index (χ0n) is 11.8. The van der Waals surface area contributed by atoms with Gasteiger partial charge in [0.25, 0.3) is 0 Å². The van der Waals surface area contributed by atoms with Gasteiger partial charge in [-0.25, -0.2) is 0 Å². The maximum Gasteiger partial charge on any atom is 0.226 e. The van der Waals surface area contributed by atoms with Crippen molar-refractivity contribution in [3.05, 3.63) is 6.20 Å². The number of H-pyrrole nitrogens is 1. The van der Waals surface area contributed by atoms with E-state index in [4.69, 9.17) is 5.26 Å². The molecule has 0 atom stereocenters. The summed E-state index contributed by atoms with van der Waals surface area (Å²) in [5.41, 5.74) is 0.712. The number of aromatic amines is 1. The van der Waals surface area contributed by atoms with E-state index in [-0.39, 0.29) is 0 Å². The molecule has 2 aromatic heterocycles. The number of hydrogen-bond donors (Lipinski definition) is 2. The van der Waals surface area contributed by atoms with Crippen molar-refractivity contribution in [1.82, 2.24) is 20.2 Å². The van der Waals surface area contributed by atoms with Gasteiger partial charge in [-0.05, 0) is 13.3 Å². The van der Waals surface area contributed by atoms with Crippen LogP contribution in [0.3, 0.4) is 0 Å². The maximum absolute atomic E-state index is 8.76. The van der Waals surface area contributed by atoms with E-state index in [2.05, 4.69) is 43.4 Å².